The molecule has 0 aliphatic heterocycles. The second-order valence-corrected chi connectivity index (χ2v) is 4.95. The topological polar surface area (TPSA) is 87.7 Å². The average molecular weight is 296 g/mol. The van der Waals surface area contributed by atoms with E-state index in [0.717, 1.165) is 0 Å². The van der Waals surface area contributed by atoms with Gasteiger partial charge in [-0.1, -0.05) is 12.1 Å². The summed E-state index contributed by atoms with van der Waals surface area (Å²) in [5.74, 6) is -0.391. The third-order valence-electron chi connectivity index (χ3n) is 3.42. The number of carbonyl (C=O) groups excluding carboxylic acids is 1. The molecular formula is C17H12O5. The highest BCUT2D eigenvalue weighted by molar-refractivity contribution is 6.07. The first kappa shape index (κ1) is 13.9. The summed E-state index contributed by atoms with van der Waals surface area (Å²) in [4.78, 5) is 24.4. The molecule has 0 aliphatic rings. The zero-order valence-corrected chi connectivity index (χ0v) is 11.7. The maximum Gasteiger partial charge on any atom is 0.201 e. The van der Waals surface area contributed by atoms with E-state index in [4.69, 9.17) is 4.42 Å². The van der Waals surface area contributed by atoms with Gasteiger partial charge in [-0.2, -0.15) is 0 Å². The van der Waals surface area contributed by atoms with Crippen LogP contribution in [0.15, 0.2) is 51.9 Å². The fraction of sp³-hybridized carbons (Fsp3) is 0.0588. The smallest absolute Gasteiger partial charge is 0.201 e. The van der Waals surface area contributed by atoms with Crippen LogP contribution in [-0.4, -0.2) is 16.0 Å². The zero-order valence-electron chi connectivity index (χ0n) is 11.7. The summed E-state index contributed by atoms with van der Waals surface area (Å²) in [6.45, 7) is 1.32. The summed E-state index contributed by atoms with van der Waals surface area (Å²) in [6, 6.07) is 8.64. The van der Waals surface area contributed by atoms with E-state index in [9.17, 15) is 19.8 Å². The van der Waals surface area contributed by atoms with E-state index in [-0.39, 0.29) is 44.8 Å². The molecule has 110 valence electrons. The average Bonchev–Trinajstić information content (AvgIpc) is 2.48. The Labute approximate surface area is 125 Å². The SMILES string of the molecule is CC(=O)c1cc(O)cc2occ(-c3ccc(O)cc3)c(=O)c12. The van der Waals surface area contributed by atoms with Gasteiger partial charge in [0.15, 0.2) is 5.78 Å². The van der Waals surface area contributed by atoms with Crippen LogP contribution < -0.4 is 5.43 Å². The van der Waals surface area contributed by atoms with Crippen LogP contribution in [0.2, 0.25) is 0 Å². The Morgan fingerprint density at radius 2 is 1.73 bits per heavy atom. The minimum atomic E-state index is -0.364. The van der Waals surface area contributed by atoms with Crippen molar-refractivity contribution in [3.63, 3.8) is 0 Å². The molecule has 0 saturated carbocycles. The normalized spacial score (nSPS) is 10.8. The maximum atomic E-state index is 12.7. The number of Topliss-reactive ketones (excluding diaryl/α,β-unsaturated/α-hetero) is 1. The summed E-state index contributed by atoms with van der Waals surface area (Å²) in [5, 5.41) is 19.1. The second kappa shape index (κ2) is 5.04. The molecule has 5 nitrogen and oxygen atoms in total. The van der Waals surface area contributed by atoms with Gasteiger partial charge in [0.1, 0.15) is 23.3 Å². The number of phenols is 2. The quantitative estimate of drug-likeness (QED) is 0.709. The number of hydrogen-bond donors (Lipinski definition) is 2. The molecule has 0 unspecified atom stereocenters. The molecule has 5 heteroatoms. The molecule has 0 radical (unpaired) electrons. The molecular weight excluding hydrogens is 284 g/mol. The molecule has 3 rings (SSSR count). The van der Waals surface area contributed by atoms with Crippen LogP contribution >= 0.6 is 0 Å². The molecule has 2 N–H and O–H groups in total. The van der Waals surface area contributed by atoms with Crippen molar-refractivity contribution in [1.82, 2.24) is 0 Å². The molecule has 0 fully saturated rings. The largest absolute Gasteiger partial charge is 0.508 e. The number of rotatable bonds is 2. The lowest BCUT2D eigenvalue weighted by molar-refractivity contribution is 0.101. The number of aromatic hydroxyl groups is 2. The highest BCUT2D eigenvalue weighted by Crippen LogP contribution is 2.26. The molecule has 3 aromatic rings. The molecule has 0 saturated heterocycles. The van der Waals surface area contributed by atoms with Crippen LogP contribution in [-0.2, 0) is 0 Å². The number of carbonyl (C=O) groups is 1. The molecule has 2 aromatic carbocycles. The van der Waals surface area contributed by atoms with Gasteiger partial charge in [0.2, 0.25) is 5.43 Å². The van der Waals surface area contributed by atoms with Gasteiger partial charge in [-0.05, 0) is 30.7 Å². The number of phenolic OH excluding ortho intramolecular Hbond substituents is 2. The predicted molar refractivity (Wildman–Crippen MR) is 81.3 cm³/mol. The van der Waals surface area contributed by atoms with Gasteiger partial charge in [0.25, 0.3) is 0 Å². The van der Waals surface area contributed by atoms with Crippen molar-refractivity contribution in [3.05, 3.63) is 58.4 Å². The molecule has 1 aromatic heterocycles. The Bertz CT molecular complexity index is 936. The minimum Gasteiger partial charge on any atom is -0.508 e. The second-order valence-electron chi connectivity index (χ2n) is 4.95. The lowest BCUT2D eigenvalue weighted by atomic mass is 10.0. The van der Waals surface area contributed by atoms with Gasteiger partial charge in [-0.15, -0.1) is 0 Å². The molecule has 1 heterocycles. The summed E-state index contributed by atoms with van der Waals surface area (Å²) in [5.41, 5.74) is 0.746. The Hall–Kier alpha value is -3.08. The fourth-order valence-electron chi connectivity index (χ4n) is 2.36. The van der Waals surface area contributed by atoms with Gasteiger partial charge < -0.3 is 14.6 Å². The summed E-state index contributed by atoms with van der Waals surface area (Å²) >= 11 is 0. The maximum absolute atomic E-state index is 12.7. The third-order valence-corrected chi connectivity index (χ3v) is 3.42. The lowest BCUT2D eigenvalue weighted by Gasteiger charge is -2.06. The van der Waals surface area contributed by atoms with E-state index in [2.05, 4.69) is 0 Å². The van der Waals surface area contributed by atoms with Gasteiger partial charge in [-0.25, -0.2) is 0 Å². The summed E-state index contributed by atoms with van der Waals surface area (Å²) < 4.78 is 5.41. The van der Waals surface area contributed by atoms with Crippen molar-refractivity contribution in [2.24, 2.45) is 0 Å². The van der Waals surface area contributed by atoms with Gasteiger partial charge in [-0.3, -0.25) is 9.59 Å². The van der Waals surface area contributed by atoms with Crippen LogP contribution in [0.4, 0.5) is 0 Å². The van der Waals surface area contributed by atoms with Crippen LogP contribution in [0.25, 0.3) is 22.1 Å². The van der Waals surface area contributed by atoms with Gasteiger partial charge >= 0.3 is 0 Å². The van der Waals surface area contributed by atoms with E-state index in [1.54, 1.807) is 12.1 Å². The summed E-state index contributed by atoms with van der Waals surface area (Å²) in [6.07, 6.45) is 1.28. The van der Waals surface area contributed by atoms with E-state index in [1.165, 1.54) is 37.5 Å². The number of benzene rings is 2. The van der Waals surface area contributed by atoms with Crippen LogP contribution in [0.1, 0.15) is 17.3 Å². The minimum absolute atomic E-state index is 0.0864. The van der Waals surface area contributed by atoms with Crippen molar-refractivity contribution in [2.75, 3.05) is 0 Å². The first-order valence-corrected chi connectivity index (χ1v) is 6.56. The van der Waals surface area contributed by atoms with Crippen molar-refractivity contribution >= 4 is 16.8 Å². The Balaban J connectivity index is 2.36. The molecule has 0 amide bonds. The monoisotopic (exact) mass is 296 g/mol. The molecule has 0 spiro atoms. The van der Waals surface area contributed by atoms with Crippen molar-refractivity contribution in [2.45, 2.75) is 6.92 Å². The molecule has 0 bridgehead atoms. The fourth-order valence-corrected chi connectivity index (χ4v) is 2.36. The Morgan fingerprint density at radius 3 is 2.36 bits per heavy atom. The Kier molecular flexibility index (Phi) is 3.18. The van der Waals surface area contributed by atoms with Crippen molar-refractivity contribution in [1.29, 1.82) is 0 Å². The van der Waals surface area contributed by atoms with Crippen LogP contribution in [0.5, 0.6) is 11.5 Å². The van der Waals surface area contributed by atoms with Crippen molar-refractivity contribution in [3.8, 4) is 22.6 Å². The Morgan fingerprint density at radius 1 is 1.05 bits per heavy atom. The van der Waals surface area contributed by atoms with Crippen LogP contribution in [0.3, 0.4) is 0 Å². The molecule has 0 aliphatic carbocycles. The standard InChI is InChI=1S/C17H12O5/c1-9(18)13-6-12(20)7-15-16(13)17(21)14(8-22-15)10-2-4-11(19)5-3-10/h2-8,19-20H,1H3. The lowest BCUT2D eigenvalue weighted by Crippen LogP contribution is -2.09. The van der Waals surface area contributed by atoms with E-state index in [0.29, 0.717) is 5.56 Å². The predicted octanol–water partition coefficient (Wildman–Crippen LogP) is 3.07. The third kappa shape index (κ3) is 2.22. The highest BCUT2D eigenvalue weighted by Gasteiger charge is 2.16. The first-order chi connectivity index (χ1) is 10.5. The first-order valence-electron chi connectivity index (χ1n) is 6.56. The van der Waals surface area contributed by atoms with Crippen molar-refractivity contribution < 1.29 is 19.4 Å². The molecule has 22 heavy (non-hydrogen) atoms. The van der Waals surface area contributed by atoms with Gasteiger partial charge in [0.05, 0.1) is 10.9 Å². The highest BCUT2D eigenvalue weighted by atomic mass is 16.3. The number of hydrogen-bond acceptors (Lipinski definition) is 5. The van der Waals surface area contributed by atoms with Crippen LogP contribution in [0, 0.1) is 0 Å². The van der Waals surface area contributed by atoms with Gasteiger partial charge in [0, 0.05) is 11.6 Å². The van der Waals surface area contributed by atoms with E-state index >= 15 is 0 Å². The number of fused-ring (bicyclic) bond motifs is 1. The van der Waals surface area contributed by atoms with E-state index < -0.39 is 0 Å². The van der Waals surface area contributed by atoms with E-state index in [1.807, 2.05) is 0 Å². The molecule has 0 atom stereocenters. The zero-order chi connectivity index (χ0) is 15.9. The summed E-state index contributed by atoms with van der Waals surface area (Å²) in [7, 11) is 0. The number of ketones is 1.